The van der Waals surface area contributed by atoms with Gasteiger partial charge in [0.25, 0.3) is 0 Å². The predicted molar refractivity (Wildman–Crippen MR) is 71.3 cm³/mol. The lowest BCUT2D eigenvalue weighted by molar-refractivity contribution is 0.143. The number of thiazole rings is 1. The van der Waals surface area contributed by atoms with Gasteiger partial charge in [0.1, 0.15) is 0 Å². The molecule has 1 aromatic rings. The van der Waals surface area contributed by atoms with Crippen LogP contribution >= 0.6 is 23.7 Å². The number of hydrogen-bond acceptors (Lipinski definition) is 4. The first-order valence-electron chi connectivity index (χ1n) is 5.72. The van der Waals surface area contributed by atoms with Crippen molar-refractivity contribution in [2.45, 2.75) is 32.4 Å². The molecule has 0 spiro atoms. The molecule has 2 rings (SSSR count). The smallest absolute Gasteiger partial charge is 0.0795 e. The fraction of sp³-hybridized carbons (Fsp3) is 0.727. The van der Waals surface area contributed by atoms with Crippen LogP contribution in [0.15, 0.2) is 10.9 Å². The Morgan fingerprint density at radius 1 is 1.62 bits per heavy atom. The van der Waals surface area contributed by atoms with Crippen LogP contribution in [0.2, 0.25) is 0 Å². The number of hydrogen-bond donors (Lipinski definition) is 1. The van der Waals surface area contributed by atoms with Crippen molar-refractivity contribution in [2.24, 2.45) is 0 Å². The molecule has 0 radical (unpaired) electrons. The summed E-state index contributed by atoms with van der Waals surface area (Å²) in [5.74, 6) is 0. The summed E-state index contributed by atoms with van der Waals surface area (Å²) < 4.78 is 0. The monoisotopic (exact) mass is 261 g/mol. The molecule has 92 valence electrons. The van der Waals surface area contributed by atoms with E-state index in [4.69, 9.17) is 0 Å². The lowest BCUT2D eigenvalue weighted by Crippen LogP contribution is -2.50. The molecule has 0 amide bonds. The number of rotatable bonds is 4. The van der Waals surface area contributed by atoms with E-state index >= 15 is 0 Å². The standard InChI is InChI=1S/C11H19N3S.ClH/c1-2-3-11-6-12-4-5-14(11)7-10-8-15-9-13-10;/h8-9,11-12H,2-7H2,1H3;1H. The Bertz CT molecular complexity index is 277. The quantitative estimate of drug-likeness (QED) is 0.900. The summed E-state index contributed by atoms with van der Waals surface area (Å²) in [5.41, 5.74) is 3.15. The molecule has 5 heteroatoms. The van der Waals surface area contributed by atoms with Crippen LogP contribution < -0.4 is 5.32 Å². The fourth-order valence-electron chi connectivity index (χ4n) is 2.15. The van der Waals surface area contributed by atoms with E-state index in [-0.39, 0.29) is 12.4 Å². The first-order valence-corrected chi connectivity index (χ1v) is 6.66. The van der Waals surface area contributed by atoms with E-state index in [9.17, 15) is 0 Å². The second-order valence-corrected chi connectivity index (χ2v) is 4.82. The van der Waals surface area contributed by atoms with E-state index in [0.717, 1.165) is 26.2 Å². The van der Waals surface area contributed by atoms with Crippen LogP contribution in [0.4, 0.5) is 0 Å². The Morgan fingerprint density at radius 2 is 2.50 bits per heavy atom. The molecule has 0 aliphatic carbocycles. The van der Waals surface area contributed by atoms with E-state index in [0.29, 0.717) is 6.04 Å². The van der Waals surface area contributed by atoms with Gasteiger partial charge in [-0.2, -0.15) is 0 Å². The molecule has 0 bridgehead atoms. The van der Waals surface area contributed by atoms with E-state index < -0.39 is 0 Å². The van der Waals surface area contributed by atoms with Gasteiger partial charge in [-0.1, -0.05) is 13.3 Å². The molecule has 0 saturated carbocycles. The van der Waals surface area contributed by atoms with Crippen LogP contribution in [0, 0.1) is 0 Å². The van der Waals surface area contributed by atoms with Crippen molar-refractivity contribution in [3.63, 3.8) is 0 Å². The van der Waals surface area contributed by atoms with Crippen LogP contribution in [0.5, 0.6) is 0 Å². The zero-order chi connectivity index (χ0) is 10.5. The Balaban J connectivity index is 0.00000128. The third kappa shape index (κ3) is 3.70. The first kappa shape index (κ1) is 13.9. The van der Waals surface area contributed by atoms with Crippen molar-refractivity contribution in [2.75, 3.05) is 19.6 Å². The minimum atomic E-state index is 0. The highest BCUT2D eigenvalue weighted by Gasteiger charge is 2.21. The Hall–Kier alpha value is -0.160. The van der Waals surface area contributed by atoms with Gasteiger partial charge in [0.15, 0.2) is 0 Å². The second-order valence-electron chi connectivity index (χ2n) is 4.10. The average Bonchev–Trinajstić information content (AvgIpc) is 2.74. The predicted octanol–water partition coefficient (Wildman–Crippen LogP) is 2.14. The van der Waals surface area contributed by atoms with Crippen LogP contribution in [-0.2, 0) is 6.54 Å². The summed E-state index contributed by atoms with van der Waals surface area (Å²) in [5, 5.41) is 5.63. The van der Waals surface area contributed by atoms with Crippen LogP contribution in [0.25, 0.3) is 0 Å². The third-order valence-corrected chi connectivity index (χ3v) is 3.58. The Labute approximate surface area is 108 Å². The van der Waals surface area contributed by atoms with Gasteiger partial charge >= 0.3 is 0 Å². The van der Waals surface area contributed by atoms with Gasteiger partial charge in [-0.15, -0.1) is 23.7 Å². The zero-order valence-electron chi connectivity index (χ0n) is 9.69. The minimum Gasteiger partial charge on any atom is -0.314 e. The average molecular weight is 262 g/mol. The molecule has 1 fully saturated rings. The lowest BCUT2D eigenvalue weighted by Gasteiger charge is -2.35. The maximum atomic E-state index is 4.36. The van der Waals surface area contributed by atoms with Gasteiger partial charge in [0.2, 0.25) is 0 Å². The van der Waals surface area contributed by atoms with E-state index in [1.165, 1.54) is 18.5 Å². The largest absolute Gasteiger partial charge is 0.314 e. The Kier molecular flexibility index (Phi) is 6.28. The molecule has 1 N–H and O–H groups in total. The molecule has 1 aliphatic heterocycles. The van der Waals surface area contributed by atoms with Crippen molar-refractivity contribution in [3.05, 3.63) is 16.6 Å². The van der Waals surface area contributed by atoms with Gasteiger partial charge in [-0.3, -0.25) is 4.90 Å². The molecule has 3 nitrogen and oxygen atoms in total. The molecule has 1 atom stereocenters. The Morgan fingerprint density at radius 3 is 3.19 bits per heavy atom. The van der Waals surface area contributed by atoms with Gasteiger partial charge in [0.05, 0.1) is 11.2 Å². The molecule has 0 aromatic carbocycles. The SMILES string of the molecule is CCCC1CNCCN1Cc1cscn1.Cl. The number of nitrogens with zero attached hydrogens (tertiary/aromatic N) is 2. The fourth-order valence-corrected chi connectivity index (χ4v) is 2.70. The maximum absolute atomic E-state index is 4.36. The molecule has 1 aromatic heterocycles. The summed E-state index contributed by atoms with van der Waals surface area (Å²) in [7, 11) is 0. The molecular formula is C11H20ClN3S. The molecule has 2 heterocycles. The number of piperazine rings is 1. The minimum absolute atomic E-state index is 0. The maximum Gasteiger partial charge on any atom is 0.0795 e. The molecule has 1 unspecified atom stereocenters. The zero-order valence-corrected chi connectivity index (χ0v) is 11.3. The normalized spacial score (nSPS) is 21.7. The van der Waals surface area contributed by atoms with Crippen molar-refractivity contribution in [1.29, 1.82) is 0 Å². The summed E-state index contributed by atoms with van der Waals surface area (Å²) in [6.07, 6.45) is 2.55. The van der Waals surface area contributed by atoms with Crippen molar-refractivity contribution < 1.29 is 0 Å². The second kappa shape index (κ2) is 7.22. The van der Waals surface area contributed by atoms with Gasteiger partial charge < -0.3 is 5.32 Å². The summed E-state index contributed by atoms with van der Waals surface area (Å²) in [6.45, 7) is 6.69. The molecule has 1 aliphatic rings. The molecule has 1 saturated heterocycles. The molecular weight excluding hydrogens is 242 g/mol. The number of halogens is 1. The van der Waals surface area contributed by atoms with Crippen molar-refractivity contribution in [1.82, 2.24) is 15.2 Å². The third-order valence-electron chi connectivity index (χ3n) is 2.94. The topological polar surface area (TPSA) is 28.2 Å². The van der Waals surface area contributed by atoms with Gasteiger partial charge in [-0.05, 0) is 6.42 Å². The highest BCUT2D eigenvalue weighted by molar-refractivity contribution is 7.07. The van der Waals surface area contributed by atoms with Crippen LogP contribution in [-0.4, -0.2) is 35.6 Å². The van der Waals surface area contributed by atoms with E-state index in [1.54, 1.807) is 11.3 Å². The van der Waals surface area contributed by atoms with E-state index in [1.807, 2.05) is 5.51 Å². The van der Waals surface area contributed by atoms with Crippen LogP contribution in [0.3, 0.4) is 0 Å². The van der Waals surface area contributed by atoms with Gasteiger partial charge in [-0.25, -0.2) is 4.98 Å². The van der Waals surface area contributed by atoms with Crippen molar-refractivity contribution in [3.8, 4) is 0 Å². The summed E-state index contributed by atoms with van der Waals surface area (Å²) in [6, 6.07) is 0.699. The van der Waals surface area contributed by atoms with E-state index in [2.05, 4.69) is 27.5 Å². The summed E-state index contributed by atoms with van der Waals surface area (Å²) in [4.78, 5) is 6.93. The van der Waals surface area contributed by atoms with Crippen LogP contribution in [0.1, 0.15) is 25.5 Å². The molecule has 16 heavy (non-hydrogen) atoms. The lowest BCUT2D eigenvalue weighted by atomic mass is 10.1. The highest BCUT2D eigenvalue weighted by atomic mass is 35.5. The number of nitrogens with one attached hydrogen (secondary N) is 1. The summed E-state index contributed by atoms with van der Waals surface area (Å²) >= 11 is 1.69. The number of aromatic nitrogens is 1. The van der Waals surface area contributed by atoms with Crippen molar-refractivity contribution >= 4 is 23.7 Å². The first-order chi connectivity index (χ1) is 7.40. The highest BCUT2D eigenvalue weighted by Crippen LogP contribution is 2.13. The van der Waals surface area contributed by atoms with Gasteiger partial charge in [0, 0.05) is 37.6 Å².